The maximum Gasteiger partial charge on any atom is 0.429 e. The quantitative estimate of drug-likeness (QED) is 0.901. The number of carbonyl (C=O) groups excluding carboxylic acids is 1. The van der Waals surface area contributed by atoms with Gasteiger partial charge in [0.2, 0.25) is 12.0 Å². The van der Waals surface area contributed by atoms with Crippen LogP contribution in [0.25, 0.3) is 11.6 Å². The standard InChI is InChI=1S/C17H16F3N3O3/c1-9(24)22-16(2,3)15-21-14(26-23-15)11-8-10-6-4-5-7-12(10)25-13(11)17(18,19)20/h4-8,13H,1-3H3,(H,22,24). The second-order valence-electron chi connectivity index (χ2n) is 6.41. The van der Waals surface area contributed by atoms with E-state index in [9.17, 15) is 18.0 Å². The number of rotatable bonds is 3. The van der Waals surface area contributed by atoms with Crippen LogP contribution >= 0.6 is 0 Å². The Labute approximate surface area is 147 Å². The number of ether oxygens (including phenoxy) is 1. The Morgan fingerprint density at radius 1 is 1.23 bits per heavy atom. The molecule has 1 atom stereocenters. The van der Waals surface area contributed by atoms with Crippen molar-refractivity contribution in [2.45, 2.75) is 38.6 Å². The molecule has 1 aliphatic rings. The lowest BCUT2D eigenvalue weighted by Crippen LogP contribution is -2.40. The third-order valence-corrected chi connectivity index (χ3v) is 3.78. The van der Waals surface area contributed by atoms with Crippen molar-refractivity contribution in [3.63, 3.8) is 0 Å². The van der Waals surface area contributed by atoms with Crippen LogP contribution in [-0.2, 0) is 10.3 Å². The Hall–Kier alpha value is -2.84. The minimum atomic E-state index is -4.67. The van der Waals surface area contributed by atoms with Gasteiger partial charge in [0.1, 0.15) is 5.75 Å². The monoisotopic (exact) mass is 367 g/mol. The number of aromatic nitrogens is 2. The number of amides is 1. The van der Waals surface area contributed by atoms with Crippen molar-refractivity contribution in [1.29, 1.82) is 0 Å². The number of nitrogens with one attached hydrogen (secondary N) is 1. The molecule has 1 unspecified atom stereocenters. The molecule has 138 valence electrons. The first kappa shape index (κ1) is 18.0. The Kier molecular flexibility index (Phi) is 4.25. The first-order chi connectivity index (χ1) is 12.1. The van der Waals surface area contributed by atoms with Crippen molar-refractivity contribution in [2.75, 3.05) is 0 Å². The molecule has 0 saturated carbocycles. The Bertz CT molecular complexity index is 871. The average molecular weight is 367 g/mol. The summed E-state index contributed by atoms with van der Waals surface area (Å²) in [5.41, 5.74) is -0.813. The number of para-hydroxylation sites is 1. The van der Waals surface area contributed by atoms with Gasteiger partial charge in [-0.1, -0.05) is 23.4 Å². The van der Waals surface area contributed by atoms with E-state index in [2.05, 4.69) is 15.5 Å². The zero-order valence-electron chi connectivity index (χ0n) is 14.2. The van der Waals surface area contributed by atoms with Crippen molar-refractivity contribution in [3.05, 3.63) is 41.5 Å². The molecule has 0 spiro atoms. The predicted molar refractivity (Wildman–Crippen MR) is 85.9 cm³/mol. The molecule has 1 amide bonds. The minimum absolute atomic E-state index is 0.0587. The van der Waals surface area contributed by atoms with Gasteiger partial charge in [-0.3, -0.25) is 4.79 Å². The smallest absolute Gasteiger partial charge is 0.429 e. The Balaban J connectivity index is 2.03. The highest BCUT2D eigenvalue weighted by Crippen LogP contribution is 2.40. The molecule has 0 fully saturated rings. The molecular formula is C17H16F3N3O3. The molecular weight excluding hydrogens is 351 g/mol. The highest BCUT2D eigenvalue weighted by Gasteiger charge is 2.48. The number of hydrogen-bond acceptors (Lipinski definition) is 5. The number of nitrogens with zero attached hydrogens (tertiary/aromatic N) is 2. The van der Waals surface area contributed by atoms with Crippen LogP contribution < -0.4 is 10.1 Å². The number of alkyl halides is 3. The van der Waals surface area contributed by atoms with Crippen molar-refractivity contribution in [3.8, 4) is 5.75 Å². The van der Waals surface area contributed by atoms with Gasteiger partial charge >= 0.3 is 6.18 Å². The van der Waals surface area contributed by atoms with E-state index in [1.807, 2.05) is 0 Å². The first-order valence-corrected chi connectivity index (χ1v) is 7.75. The predicted octanol–water partition coefficient (Wildman–Crippen LogP) is 3.30. The fraction of sp³-hybridized carbons (Fsp3) is 0.353. The van der Waals surface area contributed by atoms with Crippen molar-refractivity contribution in [2.24, 2.45) is 0 Å². The lowest BCUT2D eigenvalue weighted by Gasteiger charge is -2.27. The summed E-state index contributed by atoms with van der Waals surface area (Å²) < 4.78 is 50.6. The van der Waals surface area contributed by atoms with E-state index in [0.29, 0.717) is 5.56 Å². The summed E-state index contributed by atoms with van der Waals surface area (Å²) in [5, 5.41) is 6.34. The molecule has 0 bridgehead atoms. The second kappa shape index (κ2) is 6.15. The van der Waals surface area contributed by atoms with Crippen LogP contribution in [0.4, 0.5) is 13.2 Å². The fourth-order valence-electron chi connectivity index (χ4n) is 2.65. The fourth-order valence-corrected chi connectivity index (χ4v) is 2.65. The van der Waals surface area contributed by atoms with E-state index in [1.165, 1.54) is 19.1 Å². The van der Waals surface area contributed by atoms with Crippen molar-refractivity contribution < 1.29 is 27.2 Å². The van der Waals surface area contributed by atoms with Gasteiger partial charge in [-0.05, 0) is 26.0 Å². The number of carbonyl (C=O) groups is 1. The summed E-state index contributed by atoms with van der Waals surface area (Å²) in [6.45, 7) is 4.55. The lowest BCUT2D eigenvalue weighted by molar-refractivity contribution is -0.177. The van der Waals surface area contributed by atoms with E-state index in [-0.39, 0.29) is 28.9 Å². The average Bonchev–Trinajstić information content (AvgIpc) is 3.02. The number of halogens is 3. The van der Waals surface area contributed by atoms with Crippen LogP contribution in [0.15, 0.2) is 28.8 Å². The summed E-state index contributed by atoms with van der Waals surface area (Å²) in [6.07, 6.45) is -5.57. The zero-order valence-corrected chi connectivity index (χ0v) is 14.2. The highest BCUT2D eigenvalue weighted by molar-refractivity contribution is 5.85. The van der Waals surface area contributed by atoms with Crippen LogP contribution in [0.5, 0.6) is 5.75 Å². The number of hydrogen-bond donors (Lipinski definition) is 1. The van der Waals surface area contributed by atoms with Gasteiger partial charge in [-0.2, -0.15) is 18.2 Å². The molecule has 0 radical (unpaired) electrons. The molecule has 2 aromatic rings. The van der Waals surface area contributed by atoms with E-state index in [1.54, 1.807) is 32.0 Å². The van der Waals surface area contributed by atoms with Crippen molar-refractivity contribution in [1.82, 2.24) is 15.5 Å². The third-order valence-electron chi connectivity index (χ3n) is 3.78. The third kappa shape index (κ3) is 3.42. The molecule has 0 aliphatic carbocycles. The summed E-state index contributed by atoms with van der Waals surface area (Å²) in [7, 11) is 0. The Morgan fingerprint density at radius 3 is 2.58 bits per heavy atom. The van der Waals surface area contributed by atoms with E-state index in [4.69, 9.17) is 9.26 Å². The topological polar surface area (TPSA) is 77.2 Å². The summed E-state index contributed by atoms with van der Waals surface area (Å²) in [6, 6.07) is 6.36. The zero-order chi connectivity index (χ0) is 19.1. The van der Waals surface area contributed by atoms with E-state index >= 15 is 0 Å². The number of benzene rings is 1. The van der Waals surface area contributed by atoms with Crippen LogP contribution in [0.3, 0.4) is 0 Å². The van der Waals surface area contributed by atoms with Gasteiger partial charge in [0.15, 0.2) is 5.82 Å². The van der Waals surface area contributed by atoms with Crippen LogP contribution in [0.1, 0.15) is 38.0 Å². The lowest BCUT2D eigenvalue weighted by atomic mass is 10.0. The maximum absolute atomic E-state index is 13.5. The van der Waals surface area contributed by atoms with Crippen LogP contribution in [0.2, 0.25) is 0 Å². The number of fused-ring (bicyclic) bond motifs is 1. The van der Waals surface area contributed by atoms with Crippen LogP contribution in [0, 0.1) is 0 Å². The summed E-state index contributed by atoms with van der Waals surface area (Å²) >= 11 is 0. The normalized spacial score (nSPS) is 17.2. The van der Waals surface area contributed by atoms with Gasteiger partial charge in [-0.25, -0.2) is 0 Å². The van der Waals surface area contributed by atoms with Gasteiger partial charge in [0, 0.05) is 12.5 Å². The first-order valence-electron chi connectivity index (χ1n) is 7.75. The molecule has 1 aliphatic heterocycles. The van der Waals surface area contributed by atoms with Crippen molar-refractivity contribution >= 4 is 17.6 Å². The largest absolute Gasteiger partial charge is 0.475 e. The van der Waals surface area contributed by atoms with E-state index < -0.39 is 17.8 Å². The molecule has 1 aromatic heterocycles. The minimum Gasteiger partial charge on any atom is -0.475 e. The molecule has 6 nitrogen and oxygen atoms in total. The van der Waals surface area contributed by atoms with Gasteiger partial charge in [0.05, 0.1) is 11.1 Å². The molecule has 1 aromatic carbocycles. The molecule has 9 heteroatoms. The van der Waals surface area contributed by atoms with Gasteiger partial charge in [-0.15, -0.1) is 0 Å². The second-order valence-corrected chi connectivity index (χ2v) is 6.41. The summed E-state index contributed by atoms with van der Waals surface area (Å²) in [5.74, 6) is -0.459. The van der Waals surface area contributed by atoms with Gasteiger partial charge < -0.3 is 14.6 Å². The Morgan fingerprint density at radius 2 is 1.92 bits per heavy atom. The van der Waals surface area contributed by atoms with Crippen LogP contribution in [-0.4, -0.2) is 28.3 Å². The molecule has 26 heavy (non-hydrogen) atoms. The van der Waals surface area contributed by atoms with E-state index in [0.717, 1.165) is 0 Å². The maximum atomic E-state index is 13.5. The SMILES string of the molecule is CC(=O)NC(C)(C)c1noc(C2=Cc3ccccc3OC2C(F)(F)F)n1. The molecule has 3 rings (SSSR count). The molecule has 2 heterocycles. The summed E-state index contributed by atoms with van der Waals surface area (Å²) in [4.78, 5) is 15.3. The molecule has 0 saturated heterocycles. The molecule has 1 N–H and O–H groups in total. The van der Waals surface area contributed by atoms with Gasteiger partial charge in [0.25, 0.3) is 5.89 Å². The highest BCUT2D eigenvalue weighted by atomic mass is 19.4.